The van der Waals surface area contributed by atoms with Crippen LogP contribution in [0.5, 0.6) is 0 Å². The molecule has 16 heavy (non-hydrogen) atoms. The van der Waals surface area contributed by atoms with Crippen molar-refractivity contribution in [2.75, 3.05) is 59.0 Å². The number of carbonyl (C=O) groups is 1. The Morgan fingerprint density at radius 1 is 1.06 bits per heavy atom. The largest absolute Gasteiger partial charge is 0.448 e. The van der Waals surface area contributed by atoms with Crippen LogP contribution in [0.3, 0.4) is 0 Å². The lowest BCUT2D eigenvalue weighted by molar-refractivity contribution is 0.123. The van der Waals surface area contributed by atoms with Gasteiger partial charge in [-0.15, -0.1) is 0 Å². The van der Waals surface area contributed by atoms with Crippen LogP contribution in [-0.2, 0) is 4.74 Å². The van der Waals surface area contributed by atoms with Crippen LogP contribution in [-0.4, -0.2) is 79.8 Å². The van der Waals surface area contributed by atoms with E-state index in [2.05, 4.69) is 16.7 Å². The normalized spacial score (nSPS) is 23.8. The summed E-state index contributed by atoms with van der Waals surface area (Å²) in [6.07, 6.45) is -0.146. The topological polar surface area (TPSA) is 36.0 Å². The molecule has 0 aromatic rings. The summed E-state index contributed by atoms with van der Waals surface area (Å²) in [6, 6.07) is 0. The molecule has 2 heterocycles. The zero-order valence-electron chi connectivity index (χ0n) is 10.0. The van der Waals surface area contributed by atoms with E-state index in [1.807, 2.05) is 0 Å². The molecule has 2 rings (SSSR count). The van der Waals surface area contributed by atoms with Crippen molar-refractivity contribution in [3.63, 3.8) is 0 Å². The summed E-state index contributed by atoms with van der Waals surface area (Å²) >= 11 is 0. The van der Waals surface area contributed by atoms with Crippen molar-refractivity contribution in [2.24, 2.45) is 0 Å². The van der Waals surface area contributed by atoms with Gasteiger partial charge in [0, 0.05) is 39.3 Å². The van der Waals surface area contributed by atoms with Crippen LogP contribution >= 0.6 is 0 Å². The summed E-state index contributed by atoms with van der Waals surface area (Å²) in [5.41, 5.74) is 0. The van der Waals surface area contributed by atoms with E-state index in [0.717, 1.165) is 52.4 Å². The number of cyclic esters (lactones) is 1. The molecule has 2 saturated heterocycles. The maximum absolute atomic E-state index is 11.2. The maximum Gasteiger partial charge on any atom is 0.409 e. The smallest absolute Gasteiger partial charge is 0.409 e. The number of amides is 1. The molecule has 0 unspecified atom stereocenters. The van der Waals surface area contributed by atoms with Gasteiger partial charge < -0.3 is 14.5 Å². The number of hydrogen-bond acceptors (Lipinski definition) is 4. The average molecular weight is 227 g/mol. The molecular weight excluding hydrogens is 206 g/mol. The Balaban J connectivity index is 1.65. The summed E-state index contributed by atoms with van der Waals surface area (Å²) in [6.45, 7) is 11.0. The standard InChI is InChI=1S/C11H21N3O2/c1-2-12-3-5-13(6-4-12)7-8-14-9-10-16-11(14)15/h2-10H2,1H3. The van der Waals surface area contributed by atoms with Gasteiger partial charge >= 0.3 is 6.09 Å². The molecule has 0 atom stereocenters. The number of carbonyl (C=O) groups excluding carboxylic acids is 1. The van der Waals surface area contributed by atoms with E-state index in [9.17, 15) is 4.79 Å². The highest BCUT2D eigenvalue weighted by atomic mass is 16.6. The third-order valence-corrected chi connectivity index (χ3v) is 3.44. The van der Waals surface area contributed by atoms with Crippen molar-refractivity contribution in [1.29, 1.82) is 0 Å². The Kier molecular flexibility index (Phi) is 4.01. The summed E-state index contributed by atoms with van der Waals surface area (Å²) in [7, 11) is 0. The molecule has 2 fully saturated rings. The molecule has 5 heteroatoms. The Morgan fingerprint density at radius 3 is 2.31 bits per heavy atom. The molecule has 0 aromatic heterocycles. The minimum atomic E-state index is -0.146. The van der Waals surface area contributed by atoms with Gasteiger partial charge in [-0.2, -0.15) is 0 Å². The molecule has 0 spiro atoms. The van der Waals surface area contributed by atoms with Gasteiger partial charge in [0.2, 0.25) is 0 Å². The number of likely N-dealkylation sites (N-methyl/N-ethyl adjacent to an activating group) is 1. The lowest BCUT2D eigenvalue weighted by Crippen LogP contribution is -2.48. The molecular formula is C11H21N3O2. The van der Waals surface area contributed by atoms with Crippen molar-refractivity contribution >= 4 is 6.09 Å². The van der Waals surface area contributed by atoms with Crippen molar-refractivity contribution < 1.29 is 9.53 Å². The van der Waals surface area contributed by atoms with Crippen molar-refractivity contribution in [2.45, 2.75) is 6.92 Å². The molecule has 1 amide bonds. The third-order valence-electron chi connectivity index (χ3n) is 3.44. The first-order valence-corrected chi connectivity index (χ1v) is 6.16. The van der Waals surface area contributed by atoms with E-state index in [1.54, 1.807) is 4.90 Å². The molecule has 92 valence electrons. The predicted molar refractivity (Wildman–Crippen MR) is 61.5 cm³/mol. The highest BCUT2D eigenvalue weighted by Crippen LogP contribution is 2.05. The summed E-state index contributed by atoms with van der Waals surface area (Å²) in [5, 5.41) is 0. The predicted octanol–water partition coefficient (Wildman–Crippen LogP) is 0.0761. The van der Waals surface area contributed by atoms with Crippen LogP contribution in [0.2, 0.25) is 0 Å². The average Bonchev–Trinajstić information content (AvgIpc) is 2.73. The van der Waals surface area contributed by atoms with E-state index in [1.165, 1.54) is 0 Å². The van der Waals surface area contributed by atoms with Gasteiger partial charge in [0.15, 0.2) is 0 Å². The van der Waals surface area contributed by atoms with Crippen molar-refractivity contribution in [3.8, 4) is 0 Å². The monoisotopic (exact) mass is 227 g/mol. The van der Waals surface area contributed by atoms with Gasteiger partial charge in [0.1, 0.15) is 6.61 Å². The van der Waals surface area contributed by atoms with E-state index in [0.29, 0.717) is 6.61 Å². The van der Waals surface area contributed by atoms with Crippen LogP contribution in [0.25, 0.3) is 0 Å². The van der Waals surface area contributed by atoms with E-state index in [4.69, 9.17) is 4.74 Å². The fourth-order valence-electron chi connectivity index (χ4n) is 2.22. The molecule has 0 saturated carbocycles. The second kappa shape index (κ2) is 5.50. The Bertz CT molecular complexity index is 239. The summed E-state index contributed by atoms with van der Waals surface area (Å²) in [5.74, 6) is 0. The molecule has 0 N–H and O–H groups in total. The lowest BCUT2D eigenvalue weighted by atomic mass is 10.3. The first-order chi connectivity index (χ1) is 7.79. The molecule has 0 bridgehead atoms. The zero-order chi connectivity index (χ0) is 11.4. The van der Waals surface area contributed by atoms with Gasteiger partial charge in [-0.3, -0.25) is 4.90 Å². The Morgan fingerprint density at radius 2 is 1.75 bits per heavy atom. The molecule has 2 aliphatic heterocycles. The quantitative estimate of drug-likeness (QED) is 0.681. The van der Waals surface area contributed by atoms with Gasteiger partial charge in [0.25, 0.3) is 0 Å². The van der Waals surface area contributed by atoms with Gasteiger partial charge in [0.05, 0.1) is 6.54 Å². The van der Waals surface area contributed by atoms with Crippen LogP contribution in [0.4, 0.5) is 4.79 Å². The lowest BCUT2D eigenvalue weighted by Gasteiger charge is -2.34. The molecule has 0 aliphatic carbocycles. The highest BCUT2D eigenvalue weighted by molar-refractivity contribution is 5.69. The fraction of sp³-hybridized carbons (Fsp3) is 0.909. The van der Waals surface area contributed by atoms with Gasteiger partial charge in [-0.25, -0.2) is 4.79 Å². The van der Waals surface area contributed by atoms with E-state index >= 15 is 0 Å². The van der Waals surface area contributed by atoms with Gasteiger partial charge in [-0.05, 0) is 6.54 Å². The highest BCUT2D eigenvalue weighted by Gasteiger charge is 2.23. The molecule has 5 nitrogen and oxygen atoms in total. The minimum Gasteiger partial charge on any atom is -0.448 e. The minimum absolute atomic E-state index is 0.146. The van der Waals surface area contributed by atoms with Crippen LogP contribution in [0, 0.1) is 0 Å². The van der Waals surface area contributed by atoms with E-state index in [-0.39, 0.29) is 6.09 Å². The Labute approximate surface area is 96.9 Å². The Hall–Kier alpha value is -0.810. The first-order valence-electron chi connectivity index (χ1n) is 6.16. The second-order valence-corrected chi connectivity index (χ2v) is 4.38. The first kappa shape index (κ1) is 11.7. The fourth-order valence-corrected chi connectivity index (χ4v) is 2.22. The second-order valence-electron chi connectivity index (χ2n) is 4.38. The summed E-state index contributed by atoms with van der Waals surface area (Å²) < 4.78 is 4.90. The molecule has 0 aromatic carbocycles. The van der Waals surface area contributed by atoms with Crippen molar-refractivity contribution in [3.05, 3.63) is 0 Å². The third kappa shape index (κ3) is 2.86. The zero-order valence-corrected chi connectivity index (χ0v) is 10.0. The molecule has 0 radical (unpaired) electrons. The number of hydrogen-bond donors (Lipinski definition) is 0. The number of nitrogens with zero attached hydrogens (tertiary/aromatic N) is 3. The number of piperazine rings is 1. The van der Waals surface area contributed by atoms with Gasteiger partial charge in [-0.1, -0.05) is 6.92 Å². The SMILES string of the molecule is CCN1CCN(CCN2CCOC2=O)CC1. The van der Waals surface area contributed by atoms with Crippen LogP contribution < -0.4 is 0 Å². The maximum atomic E-state index is 11.2. The summed E-state index contributed by atoms with van der Waals surface area (Å²) in [4.78, 5) is 17.9. The number of ether oxygens (including phenoxy) is 1. The van der Waals surface area contributed by atoms with Crippen molar-refractivity contribution in [1.82, 2.24) is 14.7 Å². The van der Waals surface area contributed by atoms with E-state index < -0.39 is 0 Å². The molecule has 2 aliphatic rings. The van der Waals surface area contributed by atoms with Crippen LogP contribution in [0.15, 0.2) is 0 Å². The van der Waals surface area contributed by atoms with Crippen LogP contribution in [0.1, 0.15) is 6.92 Å². The number of rotatable bonds is 4.